The molecule has 1 aliphatic carbocycles. The van der Waals surface area contributed by atoms with Crippen molar-refractivity contribution in [3.8, 4) is 0 Å². The van der Waals surface area contributed by atoms with Gasteiger partial charge in [0.05, 0.1) is 5.69 Å². The minimum absolute atomic E-state index is 0.706. The van der Waals surface area contributed by atoms with Gasteiger partial charge in [-0.25, -0.2) is 9.97 Å². The third-order valence-corrected chi connectivity index (χ3v) is 5.43. The highest BCUT2D eigenvalue weighted by molar-refractivity contribution is 5.76. The number of aromatic nitrogens is 2. The first-order valence-corrected chi connectivity index (χ1v) is 9.75. The first kappa shape index (κ1) is 17.4. The minimum Gasteiger partial charge on any atom is -0.383 e. The lowest BCUT2D eigenvalue weighted by molar-refractivity contribution is 0.331. The van der Waals surface area contributed by atoms with E-state index >= 15 is 0 Å². The number of unbranched alkanes of at least 4 members (excludes halogenated alkanes) is 2. The van der Waals surface area contributed by atoms with E-state index in [1.165, 1.54) is 68.4 Å². The molecule has 1 aliphatic heterocycles. The highest BCUT2D eigenvalue weighted by Gasteiger charge is 2.24. The van der Waals surface area contributed by atoms with E-state index in [-0.39, 0.29) is 0 Å². The molecule has 0 atom stereocenters. The van der Waals surface area contributed by atoms with Gasteiger partial charge in [0.2, 0.25) is 0 Å². The number of hydrogen-bond acceptors (Lipinski definition) is 4. The number of anilines is 1. The van der Waals surface area contributed by atoms with E-state index in [1.807, 2.05) is 0 Å². The Labute approximate surface area is 146 Å². The number of rotatable bonds is 8. The van der Waals surface area contributed by atoms with Crippen molar-refractivity contribution < 1.29 is 0 Å². The van der Waals surface area contributed by atoms with Gasteiger partial charge in [0, 0.05) is 12.0 Å². The molecule has 0 bridgehead atoms. The molecule has 3 rings (SSSR count). The Bertz CT molecular complexity index is 600. The van der Waals surface area contributed by atoms with Crippen molar-refractivity contribution in [1.29, 1.82) is 0 Å². The van der Waals surface area contributed by atoms with Gasteiger partial charge in [0.15, 0.2) is 0 Å². The number of nitrogen functional groups attached to an aromatic ring is 1. The largest absolute Gasteiger partial charge is 0.383 e. The lowest BCUT2D eigenvalue weighted by Gasteiger charge is -2.14. The lowest BCUT2D eigenvalue weighted by atomic mass is 10.0. The first-order valence-electron chi connectivity index (χ1n) is 9.75. The molecule has 2 N–H and O–H groups in total. The van der Waals surface area contributed by atoms with Gasteiger partial charge in [-0.1, -0.05) is 18.9 Å². The van der Waals surface area contributed by atoms with Crippen LogP contribution in [-0.4, -0.2) is 34.5 Å². The van der Waals surface area contributed by atoms with Gasteiger partial charge in [-0.3, -0.25) is 0 Å². The molecule has 0 amide bonds. The molecule has 0 radical (unpaired) electrons. The number of fused-ring (bicyclic) bond motifs is 1. The van der Waals surface area contributed by atoms with Crippen LogP contribution in [0.25, 0.3) is 5.57 Å². The Morgan fingerprint density at radius 1 is 1.04 bits per heavy atom. The van der Waals surface area contributed by atoms with E-state index in [0.717, 1.165) is 37.2 Å². The summed E-state index contributed by atoms with van der Waals surface area (Å²) in [6, 6.07) is 0. The van der Waals surface area contributed by atoms with E-state index in [0.29, 0.717) is 5.82 Å². The zero-order valence-electron chi connectivity index (χ0n) is 15.4. The average molecular weight is 329 g/mol. The van der Waals surface area contributed by atoms with Crippen LogP contribution in [0.3, 0.4) is 0 Å². The molecule has 2 aliphatic rings. The third kappa shape index (κ3) is 3.97. The van der Waals surface area contributed by atoms with Crippen LogP contribution in [0.5, 0.6) is 0 Å². The van der Waals surface area contributed by atoms with E-state index < -0.39 is 0 Å². The zero-order valence-corrected chi connectivity index (χ0v) is 15.4. The minimum atomic E-state index is 0.706. The topological polar surface area (TPSA) is 55.0 Å². The Balaban J connectivity index is 1.62. The van der Waals surface area contributed by atoms with Gasteiger partial charge in [-0.15, -0.1) is 0 Å². The number of nitrogens with two attached hydrogens (primary N) is 1. The predicted octanol–water partition coefficient (Wildman–Crippen LogP) is 4.00. The van der Waals surface area contributed by atoms with Crippen molar-refractivity contribution in [3.05, 3.63) is 22.7 Å². The number of nitrogens with zero attached hydrogens (tertiary/aromatic N) is 3. The molecule has 1 saturated heterocycles. The molecule has 0 saturated carbocycles. The van der Waals surface area contributed by atoms with Gasteiger partial charge >= 0.3 is 0 Å². The quantitative estimate of drug-likeness (QED) is 0.733. The second kappa shape index (κ2) is 8.11. The fraction of sp³-hybridized carbons (Fsp3) is 0.700. The maximum Gasteiger partial charge on any atom is 0.131 e. The molecule has 0 spiro atoms. The highest BCUT2D eigenvalue weighted by Crippen LogP contribution is 2.37. The number of hydrogen-bond donors (Lipinski definition) is 1. The van der Waals surface area contributed by atoms with Crippen LogP contribution < -0.4 is 5.73 Å². The van der Waals surface area contributed by atoms with Crippen LogP contribution in [-0.2, 0) is 12.8 Å². The molecule has 1 fully saturated rings. The van der Waals surface area contributed by atoms with Gasteiger partial charge in [0.25, 0.3) is 0 Å². The Morgan fingerprint density at radius 2 is 1.83 bits per heavy atom. The normalized spacial score (nSPS) is 17.8. The van der Waals surface area contributed by atoms with E-state index in [9.17, 15) is 0 Å². The van der Waals surface area contributed by atoms with Gasteiger partial charge in [-0.2, -0.15) is 0 Å². The summed E-state index contributed by atoms with van der Waals surface area (Å²) in [6.07, 6.45) is 10.6. The van der Waals surface area contributed by atoms with Gasteiger partial charge in [-0.05, 0) is 77.1 Å². The monoisotopic (exact) mass is 328 g/mol. The molecular formula is C20H32N4. The number of likely N-dealkylation sites (tertiary alicyclic amines) is 1. The van der Waals surface area contributed by atoms with Crippen LogP contribution in [0.2, 0.25) is 0 Å². The first-order chi connectivity index (χ1) is 11.7. The number of aryl methyl sites for hydroxylation is 1. The molecule has 1 aromatic rings. The molecule has 4 nitrogen and oxygen atoms in total. The summed E-state index contributed by atoms with van der Waals surface area (Å²) in [5, 5.41) is 0. The summed E-state index contributed by atoms with van der Waals surface area (Å²) < 4.78 is 0. The maximum absolute atomic E-state index is 6.22. The molecule has 132 valence electrons. The van der Waals surface area contributed by atoms with Crippen LogP contribution >= 0.6 is 0 Å². The SMILES string of the molecule is CCCCc1nc(N)c2c(n1)C(CCCCN1CCCC1)=C(C)C2. The lowest BCUT2D eigenvalue weighted by Crippen LogP contribution is -2.20. The zero-order chi connectivity index (χ0) is 16.9. The summed E-state index contributed by atoms with van der Waals surface area (Å²) in [5.41, 5.74) is 11.4. The highest BCUT2D eigenvalue weighted by atomic mass is 15.1. The standard InChI is InChI=1S/C20H32N4/c1-3-4-10-18-22-19-16(15(2)14-17(19)20(21)23-18)9-5-6-11-24-12-7-8-13-24/h3-14H2,1-2H3,(H2,21,22,23). The number of allylic oxidation sites excluding steroid dienone is 2. The molecule has 2 heterocycles. The van der Waals surface area contributed by atoms with Crippen LogP contribution in [0.4, 0.5) is 5.82 Å². The fourth-order valence-electron chi connectivity index (χ4n) is 3.97. The molecule has 4 heteroatoms. The molecule has 0 unspecified atom stereocenters. The van der Waals surface area contributed by atoms with Crippen molar-refractivity contribution in [1.82, 2.24) is 14.9 Å². The van der Waals surface area contributed by atoms with Crippen LogP contribution in [0, 0.1) is 0 Å². The molecule has 1 aromatic heterocycles. The average Bonchev–Trinajstić information content (AvgIpc) is 3.18. The van der Waals surface area contributed by atoms with Gasteiger partial charge in [0.1, 0.15) is 11.6 Å². The summed E-state index contributed by atoms with van der Waals surface area (Å²) >= 11 is 0. The Morgan fingerprint density at radius 3 is 2.58 bits per heavy atom. The third-order valence-electron chi connectivity index (χ3n) is 5.43. The van der Waals surface area contributed by atoms with E-state index in [2.05, 4.69) is 23.7 Å². The Kier molecular flexibility index (Phi) is 5.88. The summed E-state index contributed by atoms with van der Waals surface area (Å²) in [6.45, 7) is 8.30. The maximum atomic E-state index is 6.22. The van der Waals surface area contributed by atoms with E-state index in [4.69, 9.17) is 10.7 Å². The molecule has 0 aromatic carbocycles. The van der Waals surface area contributed by atoms with Crippen LogP contribution in [0.15, 0.2) is 5.57 Å². The van der Waals surface area contributed by atoms with Crippen molar-refractivity contribution in [2.24, 2.45) is 0 Å². The smallest absolute Gasteiger partial charge is 0.131 e. The van der Waals surface area contributed by atoms with Crippen molar-refractivity contribution in [3.63, 3.8) is 0 Å². The molecular weight excluding hydrogens is 296 g/mol. The van der Waals surface area contributed by atoms with Gasteiger partial charge < -0.3 is 10.6 Å². The van der Waals surface area contributed by atoms with Crippen molar-refractivity contribution in [2.45, 2.75) is 71.6 Å². The fourth-order valence-corrected chi connectivity index (χ4v) is 3.97. The Hall–Kier alpha value is -1.42. The summed E-state index contributed by atoms with van der Waals surface area (Å²) in [5.74, 6) is 1.63. The van der Waals surface area contributed by atoms with Crippen molar-refractivity contribution in [2.75, 3.05) is 25.4 Å². The molecule has 24 heavy (non-hydrogen) atoms. The van der Waals surface area contributed by atoms with E-state index in [1.54, 1.807) is 0 Å². The van der Waals surface area contributed by atoms with Crippen LogP contribution in [0.1, 0.15) is 75.9 Å². The second-order valence-corrected chi connectivity index (χ2v) is 7.40. The second-order valence-electron chi connectivity index (χ2n) is 7.40. The summed E-state index contributed by atoms with van der Waals surface area (Å²) in [7, 11) is 0. The predicted molar refractivity (Wildman–Crippen MR) is 101 cm³/mol. The van der Waals surface area contributed by atoms with Crippen molar-refractivity contribution >= 4 is 11.4 Å². The summed E-state index contributed by atoms with van der Waals surface area (Å²) in [4.78, 5) is 12.0.